The Bertz CT molecular complexity index is 300. The molecule has 0 saturated heterocycles. The maximum atomic E-state index is 9.56. The SMILES string of the molecule is CC(N)C(O)c1cccc(N)c1O. The lowest BCUT2D eigenvalue weighted by Crippen LogP contribution is -2.24. The van der Waals surface area contributed by atoms with E-state index in [1.54, 1.807) is 25.1 Å². The lowest BCUT2D eigenvalue weighted by Gasteiger charge is -2.16. The van der Waals surface area contributed by atoms with Gasteiger partial charge in [-0.05, 0) is 13.0 Å². The molecule has 72 valence electrons. The summed E-state index contributed by atoms with van der Waals surface area (Å²) < 4.78 is 0. The van der Waals surface area contributed by atoms with Crippen LogP contribution in [0.1, 0.15) is 18.6 Å². The number of anilines is 1. The van der Waals surface area contributed by atoms with Gasteiger partial charge in [0.1, 0.15) is 5.75 Å². The molecule has 4 heteroatoms. The van der Waals surface area contributed by atoms with Crippen LogP contribution in [0.4, 0.5) is 5.69 Å². The van der Waals surface area contributed by atoms with Crippen molar-refractivity contribution in [1.82, 2.24) is 0 Å². The quantitative estimate of drug-likeness (QED) is 0.392. The Hall–Kier alpha value is -1.26. The monoisotopic (exact) mass is 182 g/mol. The Labute approximate surface area is 76.8 Å². The van der Waals surface area contributed by atoms with Crippen LogP contribution in [0.25, 0.3) is 0 Å². The van der Waals surface area contributed by atoms with Crippen LogP contribution in [-0.4, -0.2) is 16.3 Å². The molecular formula is C9H14N2O2. The summed E-state index contributed by atoms with van der Waals surface area (Å²) in [5, 5.41) is 19.0. The zero-order valence-corrected chi connectivity index (χ0v) is 7.44. The number of hydrogen-bond donors (Lipinski definition) is 4. The van der Waals surface area contributed by atoms with E-state index in [0.29, 0.717) is 5.56 Å². The van der Waals surface area contributed by atoms with Crippen molar-refractivity contribution in [2.75, 3.05) is 5.73 Å². The third kappa shape index (κ3) is 1.91. The van der Waals surface area contributed by atoms with Gasteiger partial charge >= 0.3 is 0 Å². The van der Waals surface area contributed by atoms with E-state index in [9.17, 15) is 10.2 Å². The first kappa shape index (κ1) is 9.83. The second kappa shape index (κ2) is 3.64. The number of para-hydroxylation sites is 1. The number of rotatable bonds is 2. The number of nitrogens with two attached hydrogens (primary N) is 2. The van der Waals surface area contributed by atoms with Crippen LogP contribution in [-0.2, 0) is 0 Å². The molecule has 0 heterocycles. The minimum Gasteiger partial charge on any atom is -0.505 e. The fraction of sp³-hybridized carbons (Fsp3) is 0.333. The Balaban J connectivity index is 3.07. The summed E-state index contributed by atoms with van der Waals surface area (Å²) in [6.07, 6.45) is -0.886. The molecule has 0 bridgehead atoms. The highest BCUT2D eigenvalue weighted by Crippen LogP contribution is 2.30. The summed E-state index contributed by atoms with van der Waals surface area (Å²) >= 11 is 0. The van der Waals surface area contributed by atoms with Gasteiger partial charge in [-0.3, -0.25) is 0 Å². The number of benzene rings is 1. The molecule has 0 spiro atoms. The number of aromatic hydroxyl groups is 1. The maximum Gasteiger partial charge on any atom is 0.144 e. The second-order valence-electron chi connectivity index (χ2n) is 3.09. The van der Waals surface area contributed by atoms with Gasteiger partial charge in [0.05, 0.1) is 11.8 Å². The van der Waals surface area contributed by atoms with E-state index in [1.165, 1.54) is 0 Å². The topological polar surface area (TPSA) is 92.5 Å². The first-order valence-corrected chi connectivity index (χ1v) is 4.05. The van der Waals surface area contributed by atoms with Gasteiger partial charge in [0.25, 0.3) is 0 Å². The van der Waals surface area contributed by atoms with Crippen molar-refractivity contribution in [3.63, 3.8) is 0 Å². The van der Waals surface area contributed by atoms with Gasteiger partial charge in [0.15, 0.2) is 0 Å². The fourth-order valence-electron chi connectivity index (χ4n) is 1.10. The molecule has 0 aliphatic rings. The molecule has 1 aromatic carbocycles. The van der Waals surface area contributed by atoms with Gasteiger partial charge in [-0.15, -0.1) is 0 Å². The lowest BCUT2D eigenvalue weighted by atomic mass is 10.0. The molecule has 2 atom stereocenters. The molecule has 0 aromatic heterocycles. The molecule has 1 rings (SSSR count). The Morgan fingerprint density at radius 1 is 1.38 bits per heavy atom. The molecule has 2 unspecified atom stereocenters. The summed E-state index contributed by atoms with van der Waals surface area (Å²) in [6, 6.07) is 4.38. The minimum atomic E-state index is -0.886. The molecule has 13 heavy (non-hydrogen) atoms. The van der Waals surface area contributed by atoms with Crippen molar-refractivity contribution >= 4 is 5.69 Å². The predicted octanol–water partition coefficient (Wildman–Crippen LogP) is 0.355. The zero-order chi connectivity index (χ0) is 10.0. The molecule has 4 nitrogen and oxygen atoms in total. The van der Waals surface area contributed by atoms with Crippen molar-refractivity contribution in [1.29, 1.82) is 0 Å². The number of hydrogen-bond acceptors (Lipinski definition) is 4. The largest absolute Gasteiger partial charge is 0.505 e. The zero-order valence-electron chi connectivity index (χ0n) is 7.44. The average molecular weight is 182 g/mol. The van der Waals surface area contributed by atoms with E-state index in [-0.39, 0.29) is 11.4 Å². The number of phenols is 1. The normalized spacial score (nSPS) is 15.3. The summed E-state index contributed by atoms with van der Waals surface area (Å²) in [5.74, 6) is -0.0905. The fourth-order valence-corrected chi connectivity index (χ4v) is 1.10. The van der Waals surface area contributed by atoms with Gasteiger partial charge in [0, 0.05) is 11.6 Å². The minimum absolute atomic E-state index is 0.0905. The van der Waals surface area contributed by atoms with Crippen LogP contribution in [0.3, 0.4) is 0 Å². The van der Waals surface area contributed by atoms with Gasteiger partial charge in [-0.25, -0.2) is 0 Å². The highest BCUT2D eigenvalue weighted by Gasteiger charge is 2.17. The summed E-state index contributed by atoms with van der Waals surface area (Å²) in [5.41, 5.74) is 11.6. The van der Waals surface area contributed by atoms with Gasteiger partial charge in [-0.1, -0.05) is 12.1 Å². The molecule has 0 fully saturated rings. The Morgan fingerprint density at radius 2 is 2.00 bits per heavy atom. The third-order valence-corrected chi connectivity index (χ3v) is 1.92. The Kier molecular flexibility index (Phi) is 2.75. The van der Waals surface area contributed by atoms with E-state index in [4.69, 9.17) is 11.5 Å². The molecule has 0 radical (unpaired) electrons. The number of aliphatic hydroxyl groups is 1. The van der Waals surface area contributed by atoms with Gasteiger partial charge in [-0.2, -0.15) is 0 Å². The van der Waals surface area contributed by atoms with E-state index >= 15 is 0 Å². The molecule has 0 aliphatic heterocycles. The summed E-state index contributed by atoms with van der Waals surface area (Å²) in [6.45, 7) is 1.66. The van der Waals surface area contributed by atoms with Crippen molar-refractivity contribution in [3.05, 3.63) is 23.8 Å². The predicted molar refractivity (Wildman–Crippen MR) is 51.1 cm³/mol. The maximum absolute atomic E-state index is 9.56. The number of phenolic OH excluding ortho intramolecular Hbond substituents is 1. The van der Waals surface area contributed by atoms with Crippen LogP contribution in [0.5, 0.6) is 5.75 Å². The van der Waals surface area contributed by atoms with E-state index in [0.717, 1.165) is 0 Å². The van der Waals surface area contributed by atoms with Crippen molar-refractivity contribution in [3.8, 4) is 5.75 Å². The molecular weight excluding hydrogens is 168 g/mol. The molecule has 6 N–H and O–H groups in total. The average Bonchev–Trinajstić information content (AvgIpc) is 2.08. The standard InChI is InChI=1S/C9H14N2O2/c1-5(10)8(12)6-3-2-4-7(11)9(6)13/h2-5,8,12-13H,10-11H2,1H3. The first-order chi connectivity index (χ1) is 6.04. The van der Waals surface area contributed by atoms with Crippen molar-refractivity contribution in [2.24, 2.45) is 5.73 Å². The second-order valence-corrected chi connectivity index (χ2v) is 3.09. The van der Waals surface area contributed by atoms with Crippen LogP contribution in [0.15, 0.2) is 18.2 Å². The van der Waals surface area contributed by atoms with E-state index < -0.39 is 12.1 Å². The molecule has 1 aromatic rings. The van der Waals surface area contributed by atoms with Crippen LogP contribution in [0, 0.1) is 0 Å². The highest BCUT2D eigenvalue weighted by molar-refractivity contribution is 5.56. The van der Waals surface area contributed by atoms with Gasteiger partial charge in [0.2, 0.25) is 0 Å². The first-order valence-electron chi connectivity index (χ1n) is 4.05. The van der Waals surface area contributed by atoms with Crippen molar-refractivity contribution < 1.29 is 10.2 Å². The molecule has 0 saturated carbocycles. The summed E-state index contributed by atoms with van der Waals surface area (Å²) in [7, 11) is 0. The Morgan fingerprint density at radius 3 is 2.54 bits per heavy atom. The van der Waals surface area contributed by atoms with Crippen molar-refractivity contribution in [2.45, 2.75) is 19.1 Å². The van der Waals surface area contributed by atoms with E-state index in [1.807, 2.05) is 0 Å². The van der Waals surface area contributed by atoms with Gasteiger partial charge < -0.3 is 21.7 Å². The highest BCUT2D eigenvalue weighted by atomic mass is 16.3. The third-order valence-electron chi connectivity index (χ3n) is 1.92. The number of nitrogen functional groups attached to an aromatic ring is 1. The van der Waals surface area contributed by atoms with Crippen LogP contribution >= 0.6 is 0 Å². The van der Waals surface area contributed by atoms with E-state index in [2.05, 4.69) is 0 Å². The smallest absolute Gasteiger partial charge is 0.144 e. The molecule has 0 amide bonds. The van der Waals surface area contributed by atoms with Crippen LogP contribution in [0.2, 0.25) is 0 Å². The summed E-state index contributed by atoms with van der Waals surface area (Å²) in [4.78, 5) is 0. The lowest BCUT2D eigenvalue weighted by molar-refractivity contribution is 0.150. The molecule has 0 aliphatic carbocycles. The van der Waals surface area contributed by atoms with Crippen LogP contribution < -0.4 is 11.5 Å². The number of aliphatic hydroxyl groups excluding tert-OH is 1.